The Morgan fingerprint density at radius 3 is 2.40 bits per heavy atom. The van der Waals surface area contributed by atoms with Gasteiger partial charge in [-0.2, -0.15) is 0 Å². The van der Waals surface area contributed by atoms with Crippen LogP contribution in [0, 0.1) is 5.92 Å². The van der Waals surface area contributed by atoms with Crippen molar-refractivity contribution in [3.63, 3.8) is 0 Å². The van der Waals surface area contributed by atoms with Gasteiger partial charge in [-0.15, -0.1) is 0 Å². The number of rotatable bonds is 1. The molecular weight excluding hydrogens is 186 g/mol. The third-order valence-electron chi connectivity index (χ3n) is 4.28. The van der Waals surface area contributed by atoms with Crippen LogP contribution in [-0.2, 0) is 0 Å². The molecule has 88 valence electrons. The summed E-state index contributed by atoms with van der Waals surface area (Å²) >= 11 is 0. The third kappa shape index (κ3) is 2.73. The molecule has 2 fully saturated rings. The molecule has 0 aromatic carbocycles. The highest BCUT2D eigenvalue weighted by atomic mass is 16.3. The topological polar surface area (TPSA) is 32.3 Å². The predicted molar refractivity (Wildman–Crippen MR) is 62.8 cm³/mol. The summed E-state index contributed by atoms with van der Waals surface area (Å²) in [5, 5.41) is 14.3. The van der Waals surface area contributed by atoms with E-state index in [4.69, 9.17) is 0 Å². The van der Waals surface area contributed by atoms with Crippen LogP contribution in [0.15, 0.2) is 0 Å². The first kappa shape index (κ1) is 11.4. The third-order valence-corrected chi connectivity index (χ3v) is 4.28. The van der Waals surface area contributed by atoms with Crippen molar-refractivity contribution in [1.82, 2.24) is 5.32 Å². The number of piperidine rings is 1. The molecule has 0 bridgehead atoms. The van der Waals surface area contributed by atoms with Gasteiger partial charge in [-0.25, -0.2) is 0 Å². The SMILES string of the molecule is CC1CCNC(C2(O)CCCCCC2)C1. The average Bonchev–Trinajstić information content (AvgIpc) is 2.44. The van der Waals surface area contributed by atoms with Crippen molar-refractivity contribution in [3.8, 4) is 0 Å². The smallest absolute Gasteiger partial charge is 0.0800 e. The zero-order valence-electron chi connectivity index (χ0n) is 9.97. The largest absolute Gasteiger partial charge is 0.388 e. The van der Waals surface area contributed by atoms with E-state index in [1.54, 1.807) is 0 Å². The molecule has 1 saturated carbocycles. The molecule has 2 aliphatic rings. The Labute approximate surface area is 93.5 Å². The molecule has 0 aromatic rings. The Kier molecular flexibility index (Phi) is 3.68. The van der Waals surface area contributed by atoms with E-state index in [1.165, 1.54) is 32.1 Å². The highest BCUT2D eigenvalue weighted by Crippen LogP contribution is 2.34. The zero-order valence-corrected chi connectivity index (χ0v) is 9.97. The lowest BCUT2D eigenvalue weighted by Gasteiger charge is -2.40. The van der Waals surface area contributed by atoms with E-state index >= 15 is 0 Å². The molecule has 0 radical (unpaired) electrons. The lowest BCUT2D eigenvalue weighted by atomic mass is 9.79. The van der Waals surface area contributed by atoms with Crippen LogP contribution in [0.1, 0.15) is 58.3 Å². The quantitative estimate of drug-likeness (QED) is 0.653. The van der Waals surface area contributed by atoms with Gasteiger partial charge >= 0.3 is 0 Å². The van der Waals surface area contributed by atoms with Gasteiger partial charge in [-0.3, -0.25) is 0 Å². The second kappa shape index (κ2) is 4.84. The standard InChI is InChI=1S/C13H25NO/c1-11-6-9-14-12(10-11)13(15)7-4-2-3-5-8-13/h11-12,14-15H,2-10H2,1H3. The highest BCUT2D eigenvalue weighted by Gasteiger charge is 2.38. The van der Waals surface area contributed by atoms with Gasteiger partial charge in [0.25, 0.3) is 0 Å². The minimum Gasteiger partial charge on any atom is -0.388 e. The van der Waals surface area contributed by atoms with Crippen molar-refractivity contribution in [3.05, 3.63) is 0 Å². The summed E-state index contributed by atoms with van der Waals surface area (Å²) in [6.07, 6.45) is 9.50. The minimum atomic E-state index is -0.398. The molecule has 2 nitrogen and oxygen atoms in total. The highest BCUT2D eigenvalue weighted by molar-refractivity contribution is 4.95. The first-order chi connectivity index (χ1) is 7.21. The summed E-state index contributed by atoms with van der Waals surface area (Å²) in [5.41, 5.74) is -0.398. The van der Waals surface area contributed by atoms with Gasteiger partial charge < -0.3 is 10.4 Å². The lowest BCUT2D eigenvalue weighted by molar-refractivity contribution is -0.0261. The Bertz CT molecular complexity index is 197. The normalized spacial score (nSPS) is 37.2. The first-order valence-electron chi connectivity index (χ1n) is 6.66. The van der Waals surface area contributed by atoms with Gasteiger partial charge in [-0.1, -0.05) is 32.6 Å². The van der Waals surface area contributed by atoms with E-state index in [9.17, 15) is 5.11 Å². The molecule has 2 rings (SSSR count). The fourth-order valence-electron chi connectivity index (χ4n) is 3.21. The molecule has 0 aromatic heterocycles. The average molecular weight is 211 g/mol. The van der Waals surface area contributed by atoms with Gasteiger partial charge in [0.1, 0.15) is 0 Å². The fourth-order valence-corrected chi connectivity index (χ4v) is 3.21. The number of aliphatic hydroxyl groups is 1. The van der Waals surface area contributed by atoms with Crippen LogP contribution < -0.4 is 5.32 Å². The summed E-state index contributed by atoms with van der Waals surface area (Å²) in [5.74, 6) is 0.781. The van der Waals surface area contributed by atoms with Crippen molar-refractivity contribution in [2.45, 2.75) is 69.9 Å². The van der Waals surface area contributed by atoms with Crippen molar-refractivity contribution >= 4 is 0 Å². The van der Waals surface area contributed by atoms with Crippen LogP contribution in [0.4, 0.5) is 0 Å². The van der Waals surface area contributed by atoms with Crippen LogP contribution in [0.25, 0.3) is 0 Å². The Morgan fingerprint density at radius 1 is 1.13 bits per heavy atom. The first-order valence-corrected chi connectivity index (χ1v) is 6.66. The summed E-state index contributed by atoms with van der Waals surface area (Å²) in [6.45, 7) is 3.40. The Morgan fingerprint density at radius 2 is 1.80 bits per heavy atom. The van der Waals surface area contributed by atoms with Crippen molar-refractivity contribution in [2.24, 2.45) is 5.92 Å². The van der Waals surface area contributed by atoms with E-state index in [2.05, 4.69) is 12.2 Å². The monoisotopic (exact) mass is 211 g/mol. The maximum absolute atomic E-state index is 10.7. The lowest BCUT2D eigenvalue weighted by Crippen LogP contribution is -2.54. The Balaban J connectivity index is 1.98. The van der Waals surface area contributed by atoms with E-state index < -0.39 is 5.60 Å². The van der Waals surface area contributed by atoms with Gasteiger partial charge in [0.15, 0.2) is 0 Å². The second-order valence-corrected chi connectivity index (χ2v) is 5.65. The second-order valence-electron chi connectivity index (χ2n) is 5.65. The molecule has 1 heterocycles. The summed E-state index contributed by atoms with van der Waals surface area (Å²) in [7, 11) is 0. The van der Waals surface area contributed by atoms with Crippen LogP contribution in [0.5, 0.6) is 0 Å². The summed E-state index contributed by atoms with van der Waals surface area (Å²) in [6, 6.07) is 0.361. The predicted octanol–water partition coefficient (Wildman–Crippen LogP) is 2.46. The molecular formula is C13H25NO. The van der Waals surface area contributed by atoms with Crippen molar-refractivity contribution in [1.29, 1.82) is 0 Å². The van der Waals surface area contributed by atoms with Crippen LogP contribution >= 0.6 is 0 Å². The van der Waals surface area contributed by atoms with Gasteiger partial charge in [0, 0.05) is 6.04 Å². The molecule has 1 saturated heterocycles. The van der Waals surface area contributed by atoms with Gasteiger partial charge in [-0.05, 0) is 38.1 Å². The molecule has 15 heavy (non-hydrogen) atoms. The molecule has 1 aliphatic carbocycles. The minimum absolute atomic E-state index is 0.361. The van der Waals surface area contributed by atoms with E-state index in [0.29, 0.717) is 6.04 Å². The molecule has 2 atom stereocenters. The Hall–Kier alpha value is -0.0800. The summed E-state index contributed by atoms with van der Waals surface area (Å²) in [4.78, 5) is 0. The zero-order chi connectivity index (χ0) is 10.7. The molecule has 2 unspecified atom stereocenters. The molecule has 0 amide bonds. The number of nitrogens with one attached hydrogen (secondary N) is 1. The van der Waals surface area contributed by atoms with E-state index in [0.717, 1.165) is 31.7 Å². The van der Waals surface area contributed by atoms with Crippen molar-refractivity contribution < 1.29 is 5.11 Å². The van der Waals surface area contributed by atoms with Gasteiger partial charge in [0.2, 0.25) is 0 Å². The van der Waals surface area contributed by atoms with E-state index in [-0.39, 0.29) is 0 Å². The molecule has 2 N–H and O–H groups in total. The van der Waals surface area contributed by atoms with Crippen LogP contribution in [0.3, 0.4) is 0 Å². The van der Waals surface area contributed by atoms with Crippen LogP contribution in [-0.4, -0.2) is 23.3 Å². The maximum atomic E-state index is 10.7. The van der Waals surface area contributed by atoms with Gasteiger partial charge in [0.05, 0.1) is 5.60 Å². The summed E-state index contributed by atoms with van der Waals surface area (Å²) < 4.78 is 0. The van der Waals surface area contributed by atoms with E-state index in [1.807, 2.05) is 0 Å². The molecule has 0 spiro atoms. The maximum Gasteiger partial charge on any atom is 0.0800 e. The number of hydrogen-bond donors (Lipinski definition) is 2. The van der Waals surface area contributed by atoms with Crippen molar-refractivity contribution in [2.75, 3.05) is 6.54 Å². The molecule has 2 heteroatoms. The number of hydrogen-bond acceptors (Lipinski definition) is 2. The molecule has 1 aliphatic heterocycles. The fraction of sp³-hybridized carbons (Fsp3) is 1.00. The van der Waals surface area contributed by atoms with Crippen LogP contribution in [0.2, 0.25) is 0 Å².